The van der Waals surface area contributed by atoms with Gasteiger partial charge in [0.1, 0.15) is 0 Å². The molecule has 6 heteroatoms. The number of H-pyrrole nitrogens is 1. The van der Waals surface area contributed by atoms with Crippen molar-refractivity contribution in [2.24, 2.45) is 5.73 Å². The van der Waals surface area contributed by atoms with Gasteiger partial charge < -0.3 is 15.5 Å². The molecule has 0 bridgehead atoms. The van der Waals surface area contributed by atoms with Crippen LogP contribution in [0.2, 0.25) is 0 Å². The molecule has 126 valence electrons. The van der Waals surface area contributed by atoms with Crippen LogP contribution in [0.1, 0.15) is 29.5 Å². The van der Waals surface area contributed by atoms with E-state index in [-0.39, 0.29) is 5.56 Å². The van der Waals surface area contributed by atoms with Crippen molar-refractivity contribution < 1.29 is 0 Å². The molecule has 2 aliphatic rings. The number of aromatic amines is 1. The van der Waals surface area contributed by atoms with Crippen molar-refractivity contribution in [3.63, 3.8) is 0 Å². The third-order valence-corrected chi connectivity index (χ3v) is 5.26. The summed E-state index contributed by atoms with van der Waals surface area (Å²) in [7, 11) is 0. The van der Waals surface area contributed by atoms with Gasteiger partial charge >= 0.3 is 0 Å². The fourth-order valence-electron chi connectivity index (χ4n) is 3.78. The largest absolute Gasteiger partial charge is 0.371 e. The van der Waals surface area contributed by atoms with Crippen LogP contribution in [0.3, 0.4) is 0 Å². The molecule has 1 aromatic carbocycles. The quantitative estimate of drug-likeness (QED) is 0.875. The van der Waals surface area contributed by atoms with Crippen LogP contribution in [0.25, 0.3) is 0 Å². The molecule has 24 heavy (non-hydrogen) atoms. The van der Waals surface area contributed by atoms with Crippen LogP contribution in [0.5, 0.6) is 0 Å². The number of aromatic nitrogens is 2. The molecule has 1 saturated heterocycles. The van der Waals surface area contributed by atoms with E-state index in [9.17, 15) is 4.79 Å². The van der Waals surface area contributed by atoms with E-state index >= 15 is 0 Å². The number of nitrogens with one attached hydrogen (secondary N) is 1. The van der Waals surface area contributed by atoms with Gasteiger partial charge in [-0.2, -0.15) is 5.10 Å². The Balaban J connectivity index is 1.64. The predicted octanol–water partition coefficient (Wildman–Crippen LogP) is 1.53. The van der Waals surface area contributed by atoms with Gasteiger partial charge in [-0.3, -0.25) is 4.79 Å². The Labute approximate surface area is 141 Å². The predicted molar refractivity (Wildman–Crippen MR) is 95.3 cm³/mol. The summed E-state index contributed by atoms with van der Waals surface area (Å²) in [5, 5.41) is 6.47. The van der Waals surface area contributed by atoms with Gasteiger partial charge in [0, 0.05) is 43.5 Å². The number of anilines is 2. The summed E-state index contributed by atoms with van der Waals surface area (Å²) < 4.78 is 0. The monoisotopic (exact) mass is 325 g/mol. The van der Waals surface area contributed by atoms with E-state index in [1.165, 1.54) is 16.8 Å². The molecule has 0 aliphatic carbocycles. The second kappa shape index (κ2) is 5.94. The summed E-state index contributed by atoms with van der Waals surface area (Å²) in [6, 6.07) is 6.86. The van der Waals surface area contributed by atoms with Crippen LogP contribution in [0.4, 0.5) is 11.4 Å². The minimum atomic E-state index is -0.117. The normalized spacial score (nSPS) is 18.1. The highest BCUT2D eigenvalue weighted by molar-refractivity contribution is 5.63. The molecular formula is C18H23N5O. The highest BCUT2D eigenvalue weighted by atomic mass is 16.1. The molecule has 2 aromatic rings. The summed E-state index contributed by atoms with van der Waals surface area (Å²) in [6.45, 7) is 5.53. The first-order valence-electron chi connectivity index (χ1n) is 8.54. The zero-order valence-corrected chi connectivity index (χ0v) is 14.0. The summed E-state index contributed by atoms with van der Waals surface area (Å²) in [5.41, 5.74) is 11.6. The lowest BCUT2D eigenvalue weighted by molar-refractivity contribution is 0.500. The van der Waals surface area contributed by atoms with E-state index < -0.39 is 0 Å². The van der Waals surface area contributed by atoms with Crippen LogP contribution in [-0.2, 0) is 13.1 Å². The van der Waals surface area contributed by atoms with Crippen molar-refractivity contribution in [3.8, 4) is 0 Å². The highest BCUT2D eigenvalue weighted by Crippen LogP contribution is 2.35. The average molecular weight is 325 g/mol. The third-order valence-electron chi connectivity index (χ3n) is 5.26. The van der Waals surface area contributed by atoms with Crippen molar-refractivity contribution in [2.45, 2.75) is 38.9 Å². The Morgan fingerprint density at radius 1 is 1.17 bits per heavy atom. The van der Waals surface area contributed by atoms with Crippen LogP contribution in [-0.4, -0.2) is 29.3 Å². The first-order valence-corrected chi connectivity index (χ1v) is 8.54. The van der Waals surface area contributed by atoms with Crippen LogP contribution >= 0.6 is 0 Å². The van der Waals surface area contributed by atoms with E-state index in [1.807, 2.05) is 6.92 Å². The lowest BCUT2D eigenvalue weighted by atomic mass is 10.0. The molecule has 0 spiro atoms. The van der Waals surface area contributed by atoms with Crippen molar-refractivity contribution in [1.29, 1.82) is 0 Å². The topological polar surface area (TPSA) is 78.2 Å². The lowest BCUT2D eigenvalue weighted by Gasteiger charge is -2.33. The molecule has 0 unspecified atom stereocenters. The molecule has 0 atom stereocenters. The van der Waals surface area contributed by atoms with Gasteiger partial charge in [-0.05, 0) is 37.0 Å². The Kier molecular flexibility index (Phi) is 3.76. The van der Waals surface area contributed by atoms with E-state index in [4.69, 9.17) is 5.73 Å². The lowest BCUT2D eigenvalue weighted by Crippen LogP contribution is -2.40. The SMILES string of the molecule is Cc1c(N2Cc3cccc(N4CCC(N)CC4)c3C2)cn[nH]c1=O. The maximum Gasteiger partial charge on any atom is 0.269 e. The summed E-state index contributed by atoms with van der Waals surface area (Å²) >= 11 is 0. The van der Waals surface area contributed by atoms with Crippen molar-refractivity contribution in [2.75, 3.05) is 22.9 Å². The number of benzene rings is 1. The minimum absolute atomic E-state index is 0.117. The molecule has 0 saturated carbocycles. The van der Waals surface area contributed by atoms with Crippen LogP contribution < -0.4 is 21.1 Å². The Morgan fingerprint density at radius 3 is 2.75 bits per heavy atom. The zero-order valence-electron chi connectivity index (χ0n) is 14.0. The van der Waals surface area contributed by atoms with E-state index in [1.54, 1.807) is 6.20 Å². The average Bonchev–Trinajstić information content (AvgIpc) is 3.02. The number of fused-ring (bicyclic) bond motifs is 1. The van der Waals surface area contributed by atoms with Gasteiger partial charge in [0.05, 0.1) is 11.9 Å². The smallest absolute Gasteiger partial charge is 0.269 e. The van der Waals surface area contributed by atoms with Gasteiger partial charge in [0.25, 0.3) is 5.56 Å². The van der Waals surface area contributed by atoms with E-state index in [0.29, 0.717) is 6.04 Å². The fraction of sp³-hybridized carbons (Fsp3) is 0.444. The Hall–Kier alpha value is -2.34. The number of nitrogens with two attached hydrogens (primary N) is 1. The Morgan fingerprint density at radius 2 is 1.96 bits per heavy atom. The maximum absolute atomic E-state index is 11.8. The molecule has 2 aliphatic heterocycles. The van der Waals surface area contributed by atoms with Crippen LogP contribution in [0, 0.1) is 6.92 Å². The van der Waals surface area contributed by atoms with Crippen molar-refractivity contribution >= 4 is 11.4 Å². The second-order valence-corrected chi connectivity index (χ2v) is 6.80. The number of rotatable bonds is 2. The molecule has 1 fully saturated rings. The molecule has 1 aromatic heterocycles. The van der Waals surface area contributed by atoms with Crippen LogP contribution in [0.15, 0.2) is 29.2 Å². The summed E-state index contributed by atoms with van der Waals surface area (Å²) in [5.74, 6) is 0. The minimum Gasteiger partial charge on any atom is -0.371 e. The fourth-order valence-corrected chi connectivity index (χ4v) is 3.78. The van der Waals surface area contributed by atoms with Gasteiger partial charge in [-0.1, -0.05) is 12.1 Å². The molecule has 0 amide bonds. The summed E-state index contributed by atoms with van der Waals surface area (Å²) in [6.07, 6.45) is 3.84. The number of hydrogen-bond donors (Lipinski definition) is 2. The standard InChI is InChI=1S/C18H23N5O/c1-12-17(9-20-21-18(12)24)23-10-13-3-2-4-16(15(13)11-23)22-7-5-14(19)6-8-22/h2-4,9,14H,5-8,10-11,19H2,1H3,(H,21,24). The zero-order chi connectivity index (χ0) is 16.7. The summed E-state index contributed by atoms with van der Waals surface area (Å²) in [4.78, 5) is 16.5. The van der Waals surface area contributed by atoms with Gasteiger partial charge in [-0.15, -0.1) is 0 Å². The third kappa shape index (κ3) is 2.57. The van der Waals surface area contributed by atoms with Gasteiger partial charge in [0.15, 0.2) is 0 Å². The molecule has 3 N–H and O–H groups in total. The molecule has 6 nitrogen and oxygen atoms in total. The molecule has 0 radical (unpaired) electrons. The first kappa shape index (κ1) is 15.2. The second-order valence-electron chi connectivity index (χ2n) is 6.80. The van der Waals surface area contributed by atoms with Crippen molar-refractivity contribution in [3.05, 3.63) is 51.4 Å². The Bertz CT molecular complexity index is 807. The van der Waals surface area contributed by atoms with E-state index in [0.717, 1.165) is 50.3 Å². The first-order chi connectivity index (χ1) is 11.6. The number of nitrogens with zero attached hydrogens (tertiary/aromatic N) is 3. The molecule has 3 heterocycles. The molecular weight excluding hydrogens is 302 g/mol. The van der Waals surface area contributed by atoms with Gasteiger partial charge in [-0.25, -0.2) is 5.10 Å². The number of hydrogen-bond acceptors (Lipinski definition) is 5. The number of piperidine rings is 1. The van der Waals surface area contributed by atoms with E-state index in [2.05, 4.69) is 38.2 Å². The highest BCUT2D eigenvalue weighted by Gasteiger charge is 2.26. The van der Waals surface area contributed by atoms with Crippen molar-refractivity contribution in [1.82, 2.24) is 10.2 Å². The van der Waals surface area contributed by atoms with Gasteiger partial charge in [0.2, 0.25) is 0 Å². The maximum atomic E-state index is 11.8. The molecule has 4 rings (SSSR count).